The van der Waals surface area contributed by atoms with E-state index in [2.05, 4.69) is 32.8 Å². The zero-order valence-electron chi connectivity index (χ0n) is 19.5. The Morgan fingerprint density at radius 2 is 1.79 bits per heavy atom. The van der Waals surface area contributed by atoms with Gasteiger partial charge in [0.05, 0.1) is 24.5 Å². The Kier molecular flexibility index (Phi) is 7.95. The van der Waals surface area contributed by atoms with Crippen molar-refractivity contribution in [3.63, 3.8) is 0 Å². The second kappa shape index (κ2) is 11.5. The summed E-state index contributed by atoms with van der Waals surface area (Å²) in [7, 11) is 0. The molecular formula is C26H32N6O2. The fourth-order valence-corrected chi connectivity index (χ4v) is 3.96. The molecule has 0 saturated carbocycles. The smallest absolute Gasteiger partial charge is 0.252 e. The second-order valence-corrected chi connectivity index (χ2v) is 8.48. The van der Waals surface area contributed by atoms with Crippen molar-refractivity contribution in [1.29, 1.82) is 0 Å². The first kappa shape index (κ1) is 23.5. The Hall–Kier alpha value is -3.62. The number of hydrogen-bond acceptors (Lipinski definition) is 7. The molecule has 0 spiro atoms. The molecule has 0 bridgehead atoms. The summed E-state index contributed by atoms with van der Waals surface area (Å²) in [6.45, 7) is 7.34. The number of amides is 1. The van der Waals surface area contributed by atoms with E-state index >= 15 is 0 Å². The van der Waals surface area contributed by atoms with Crippen LogP contribution in [-0.2, 0) is 11.3 Å². The third-order valence-electron chi connectivity index (χ3n) is 5.70. The number of benzene rings is 2. The summed E-state index contributed by atoms with van der Waals surface area (Å²) in [6, 6.07) is 20.2. The third kappa shape index (κ3) is 6.69. The minimum Gasteiger partial charge on any atom is -0.381 e. The molecule has 0 aliphatic carbocycles. The van der Waals surface area contributed by atoms with Gasteiger partial charge in [-0.05, 0) is 36.8 Å². The van der Waals surface area contributed by atoms with E-state index in [1.54, 1.807) is 6.07 Å². The highest BCUT2D eigenvalue weighted by Crippen LogP contribution is 2.23. The molecule has 1 aliphatic heterocycles. The fraction of sp³-hybridized carbons (Fsp3) is 0.308. The van der Waals surface area contributed by atoms with Crippen molar-refractivity contribution in [1.82, 2.24) is 9.88 Å². The summed E-state index contributed by atoms with van der Waals surface area (Å²) < 4.78 is 5.42. The molecule has 34 heavy (non-hydrogen) atoms. The van der Waals surface area contributed by atoms with Crippen molar-refractivity contribution in [3.8, 4) is 0 Å². The van der Waals surface area contributed by atoms with E-state index in [0.717, 1.165) is 49.8 Å². The van der Waals surface area contributed by atoms with Crippen molar-refractivity contribution >= 4 is 28.8 Å². The Balaban J connectivity index is 1.37. The maximum Gasteiger partial charge on any atom is 0.252 e. The number of rotatable bonds is 10. The van der Waals surface area contributed by atoms with Crippen LogP contribution in [0.4, 0.5) is 22.9 Å². The summed E-state index contributed by atoms with van der Waals surface area (Å²) >= 11 is 0. The SMILES string of the molecule is CC(CN1CCOCC1)Nc1ccc(Nc2cc(NCc3ccccc3)c(C(N)=O)cn2)cc1. The Labute approximate surface area is 200 Å². The largest absolute Gasteiger partial charge is 0.381 e. The van der Waals surface area contributed by atoms with E-state index in [4.69, 9.17) is 10.5 Å². The first-order valence-electron chi connectivity index (χ1n) is 11.6. The molecule has 2 heterocycles. The van der Waals surface area contributed by atoms with E-state index in [1.165, 1.54) is 6.20 Å². The first-order chi connectivity index (χ1) is 16.6. The lowest BCUT2D eigenvalue weighted by Gasteiger charge is -2.29. The number of carbonyl (C=O) groups is 1. The molecule has 1 aromatic heterocycles. The predicted molar refractivity (Wildman–Crippen MR) is 137 cm³/mol. The van der Waals surface area contributed by atoms with E-state index in [0.29, 0.717) is 29.7 Å². The topological polar surface area (TPSA) is 105 Å². The lowest BCUT2D eigenvalue weighted by Crippen LogP contribution is -2.42. The molecule has 0 radical (unpaired) electrons. The Morgan fingerprint density at radius 3 is 2.50 bits per heavy atom. The number of hydrogen-bond donors (Lipinski definition) is 4. The van der Waals surface area contributed by atoms with Gasteiger partial charge in [-0.15, -0.1) is 0 Å². The number of aromatic nitrogens is 1. The van der Waals surface area contributed by atoms with Crippen molar-refractivity contribution in [2.45, 2.75) is 19.5 Å². The fourth-order valence-electron chi connectivity index (χ4n) is 3.96. The van der Waals surface area contributed by atoms with E-state index in [9.17, 15) is 4.79 Å². The molecular weight excluding hydrogens is 428 g/mol. The third-order valence-corrected chi connectivity index (χ3v) is 5.70. The van der Waals surface area contributed by atoms with Gasteiger partial charge < -0.3 is 26.4 Å². The average Bonchev–Trinajstić information content (AvgIpc) is 2.85. The molecule has 1 amide bonds. The van der Waals surface area contributed by atoms with Gasteiger partial charge in [0.2, 0.25) is 0 Å². The zero-order valence-corrected chi connectivity index (χ0v) is 19.5. The molecule has 1 saturated heterocycles. The highest BCUT2D eigenvalue weighted by atomic mass is 16.5. The number of nitrogens with one attached hydrogen (secondary N) is 3. The standard InChI is InChI=1S/C26H32N6O2/c1-19(18-32-11-13-34-14-12-32)30-21-7-9-22(10-8-21)31-25-15-24(23(17-29-25)26(27)33)28-16-20-5-3-2-4-6-20/h2-10,15,17,19,30H,11-14,16,18H2,1H3,(H2,27,33)(H2,28,29,31). The zero-order chi connectivity index (χ0) is 23.8. The van der Waals surface area contributed by atoms with E-state index < -0.39 is 5.91 Å². The van der Waals surface area contributed by atoms with E-state index in [-0.39, 0.29) is 0 Å². The van der Waals surface area contributed by atoms with Crippen molar-refractivity contribution < 1.29 is 9.53 Å². The maximum atomic E-state index is 11.9. The molecule has 8 nitrogen and oxygen atoms in total. The van der Waals surface area contributed by atoms with Crippen LogP contribution in [0.5, 0.6) is 0 Å². The summed E-state index contributed by atoms with van der Waals surface area (Å²) in [5.41, 5.74) is 9.62. The minimum atomic E-state index is -0.517. The molecule has 1 aliphatic rings. The van der Waals surface area contributed by atoms with Crippen LogP contribution in [0.25, 0.3) is 0 Å². The highest BCUT2D eigenvalue weighted by molar-refractivity contribution is 5.98. The van der Waals surface area contributed by atoms with Crippen molar-refractivity contribution in [2.75, 3.05) is 48.8 Å². The highest BCUT2D eigenvalue weighted by Gasteiger charge is 2.14. The van der Waals surface area contributed by atoms with Gasteiger partial charge in [0, 0.05) is 55.9 Å². The number of morpholine rings is 1. The molecule has 5 N–H and O–H groups in total. The number of nitrogens with zero attached hydrogens (tertiary/aromatic N) is 2. The van der Waals surface area contributed by atoms with Crippen LogP contribution in [0.2, 0.25) is 0 Å². The van der Waals surface area contributed by atoms with Crippen LogP contribution in [0, 0.1) is 0 Å². The van der Waals surface area contributed by atoms with Crippen LogP contribution >= 0.6 is 0 Å². The summed E-state index contributed by atoms with van der Waals surface area (Å²) in [5.74, 6) is 0.109. The number of anilines is 4. The van der Waals surface area contributed by atoms with E-state index in [1.807, 2.05) is 54.6 Å². The lowest BCUT2D eigenvalue weighted by molar-refractivity contribution is 0.0368. The molecule has 1 unspecified atom stereocenters. The number of nitrogens with two attached hydrogens (primary N) is 1. The normalized spacial score (nSPS) is 14.9. The summed E-state index contributed by atoms with van der Waals surface area (Å²) in [6.07, 6.45) is 1.50. The van der Waals surface area contributed by atoms with Gasteiger partial charge in [-0.3, -0.25) is 9.69 Å². The summed E-state index contributed by atoms with van der Waals surface area (Å²) in [5, 5.41) is 10.2. The first-order valence-corrected chi connectivity index (χ1v) is 11.6. The predicted octanol–water partition coefficient (Wildman–Crippen LogP) is 3.67. The molecule has 2 aromatic carbocycles. The van der Waals surface area contributed by atoms with Gasteiger partial charge in [-0.1, -0.05) is 30.3 Å². The molecule has 1 atom stereocenters. The molecule has 3 aromatic rings. The van der Waals surface area contributed by atoms with Crippen LogP contribution in [0.3, 0.4) is 0 Å². The number of primary amides is 1. The maximum absolute atomic E-state index is 11.9. The van der Waals surface area contributed by atoms with Gasteiger partial charge in [0.25, 0.3) is 5.91 Å². The minimum absolute atomic E-state index is 0.332. The Morgan fingerprint density at radius 1 is 1.09 bits per heavy atom. The summed E-state index contributed by atoms with van der Waals surface area (Å²) in [4.78, 5) is 18.6. The van der Waals surface area contributed by atoms with Gasteiger partial charge >= 0.3 is 0 Å². The van der Waals surface area contributed by atoms with Gasteiger partial charge in [0.1, 0.15) is 5.82 Å². The lowest BCUT2D eigenvalue weighted by atomic mass is 10.2. The van der Waals surface area contributed by atoms with Gasteiger partial charge in [-0.25, -0.2) is 4.98 Å². The molecule has 178 valence electrons. The average molecular weight is 461 g/mol. The molecule has 4 rings (SSSR count). The van der Waals surface area contributed by atoms with Crippen LogP contribution in [-0.4, -0.2) is 54.7 Å². The second-order valence-electron chi connectivity index (χ2n) is 8.48. The van der Waals surface area contributed by atoms with Gasteiger partial charge in [0.15, 0.2) is 0 Å². The van der Waals surface area contributed by atoms with Crippen molar-refractivity contribution in [2.24, 2.45) is 5.73 Å². The Bertz CT molecular complexity index is 1070. The van der Waals surface area contributed by atoms with Crippen molar-refractivity contribution in [3.05, 3.63) is 78.0 Å². The van der Waals surface area contributed by atoms with Crippen LogP contribution in [0.15, 0.2) is 66.9 Å². The van der Waals surface area contributed by atoms with Gasteiger partial charge in [-0.2, -0.15) is 0 Å². The number of carbonyl (C=O) groups excluding carboxylic acids is 1. The number of ether oxygens (including phenoxy) is 1. The van der Waals surface area contributed by atoms with Crippen LogP contribution < -0.4 is 21.7 Å². The van der Waals surface area contributed by atoms with Crippen LogP contribution in [0.1, 0.15) is 22.8 Å². The molecule has 1 fully saturated rings. The monoisotopic (exact) mass is 460 g/mol. The molecule has 8 heteroatoms. The number of pyridine rings is 1. The quantitative estimate of drug-likeness (QED) is 0.366.